The second-order valence-electron chi connectivity index (χ2n) is 8.13. The van der Waals surface area contributed by atoms with Crippen molar-refractivity contribution >= 4 is 46.2 Å². The number of ether oxygens (including phenoxy) is 1. The first-order chi connectivity index (χ1) is 15.8. The van der Waals surface area contributed by atoms with Gasteiger partial charge in [-0.2, -0.15) is 0 Å². The van der Waals surface area contributed by atoms with E-state index in [2.05, 4.69) is 10.2 Å². The number of hydrogen-bond acceptors (Lipinski definition) is 4. The first kappa shape index (κ1) is 22.8. The number of thiocarbonyl (C=S) groups is 1. The van der Waals surface area contributed by atoms with E-state index >= 15 is 4.39 Å². The zero-order valence-corrected chi connectivity index (χ0v) is 19.2. The van der Waals surface area contributed by atoms with Crippen LogP contribution < -0.4 is 15.1 Å². The molecule has 2 aliphatic rings. The van der Waals surface area contributed by atoms with Gasteiger partial charge >= 0.3 is 0 Å². The van der Waals surface area contributed by atoms with Crippen molar-refractivity contribution in [2.75, 3.05) is 23.5 Å². The molecule has 2 amide bonds. The molecule has 0 bridgehead atoms. The Morgan fingerprint density at radius 2 is 1.97 bits per heavy atom. The summed E-state index contributed by atoms with van der Waals surface area (Å²) < 4.78 is 20.5. The third kappa shape index (κ3) is 3.75. The van der Waals surface area contributed by atoms with Crippen LogP contribution in [0.4, 0.5) is 21.5 Å². The highest BCUT2D eigenvalue weighted by atomic mass is 32.1. The van der Waals surface area contributed by atoms with Crippen LogP contribution in [0.3, 0.4) is 0 Å². The maximum Gasteiger partial charge on any atom is 0.259 e. The molecule has 1 aliphatic heterocycles. The van der Waals surface area contributed by atoms with E-state index in [1.807, 2.05) is 29.2 Å². The normalized spacial score (nSPS) is 16.7. The SMILES string of the molecule is [C-]#[N+]c1ccc(N2C(=O)C3(CCC3)N(c3ccc(COCC(=O)NC)cc3)C2=S)c(F)c1C. The van der Waals surface area contributed by atoms with Crippen molar-refractivity contribution < 1.29 is 18.7 Å². The predicted octanol–water partition coefficient (Wildman–Crippen LogP) is 4.01. The Morgan fingerprint density at radius 1 is 1.27 bits per heavy atom. The van der Waals surface area contributed by atoms with E-state index in [4.69, 9.17) is 23.5 Å². The van der Waals surface area contributed by atoms with Gasteiger partial charge in [-0.05, 0) is 67.7 Å². The highest BCUT2D eigenvalue weighted by Gasteiger charge is 2.59. The van der Waals surface area contributed by atoms with Gasteiger partial charge in [0.05, 0.1) is 18.9 Å². The molecule has 1 heterocycles. The Bertz CT molecular complexity index is 1170. The Balaban J connectivity index is 1.63. The minimum atomic E-state index is -0.826. The average molecular weight is 467 g/mol. The number of likely N-dealkylation sites (N-methyl/N-ethyl adjacent to an activating group) is 1. The standard InChI is InChI=1S/C24H23FN4O3S/c1-15-18(26-2)9-10-19(21(15)25)28-22(31)24(11-4-12-24)29(23(28)33)17-7-5-16(6-8-17)13-32-14-20(30)27-3/h5-10H,4,11-14H2,1,3H3,(H,27,30). The lowest BCUT2D eigenvalue weighted by molar-refractivity contribution is -0.125. The van der Waals surface area contributed by atoms with E-state index in [1.165, 1.54) is 24.0 Å². The number of carbonyl (C=O) groups is 2. The maximum absolute atomic E-state index is 15.1. The van der Waals surface area contributed by atoms with Crippen LogP contribution in [0, 0.1) is 19.3 Å². The summed E-state index contributed by atoms with van der Waals surface area (Å²) in [7, 11) is 1.55. The van der Waals surface area contributed by atoms with Crippen molar-refractivity contribution in [3.05, 3.63) is 64.8 Å². The van der Waals surface area contributed by atoms with E-state index in [0.717, 1.165) is 17.7 Å². The van der Waals surface area contributed by atoms with Gasteiger partial charge < -0.3 is 15.0 Å². The molecule has 7 nitrogen and oxygen atoms in total. The van der Waals surface area contributed by atoms with Gasteiger partial charge in [-0.15, -0.1) is 0 Å². The van der Waals surface area contributed by atoms with Gasteiger partial charge in [0.15, 0.2) is 10.8 Å². The summed E-state index contributed by atoms with van der Waals surface area (Å²) in [6.45, 7) is 8.96. The summed E-state index contributed by atoms with van der Waals surface area (Å²) in [5.74, 6) is -1.06. The molecule has 4 rings (SSSR count). The first-order valence-electron chi connectivity index (χ1n) is 10.6. The van der Waals surface area contributed by atoms with Crippen molar-refractivity contribution in [2.45, 2.75) is 38.3 Å². The molecule has 170 valence electrons. The number of carbonyl (C=O) groups excluding carboxylic acids is 2. The Kier molecular flexibility index (Phi) is 6.15. The van der Waals surface area contributed by atoms with Crippen LogP contribution in [-0.2, 0) is 20.9 Å². The van der Waals surface area contributed by atoms with Crippen LogP contribution in [0.1, 0.15) is 30.4 Å². The fourth-order valence-corrected chi connectivity index (χ4v) is 4.68. The van der Waals surface area contributed by atoms with E-state index in [-0.39, 0.29) is 47.1 Å². The molecule has 1 saturated heterocycles. The molecule has 1 N–H and O–H groups in total. The Hall–Kier alpha value is -3.35. The summed E-state index contributed by atoms with van der Waals surface area (Å²) >= 11 is 5.70. The summed E-state index contributed by atoms with van der Waals surface area (Å²) in [5.41, 5.74) is 1.25. The highest BCUT2D eigenvalue weighted by molar-refractivity contribution is 7.81. The molecule has 2 aromatic carbocycles. The van der Waals surface area contributed by atoms with Crippen LogP contribution in [0.2, 0.25) is 0 Å². The Morgan fingerprint density at radius 3 is 2.55 bits per heavy atom. The molecule has 0 aromatic heterocycles. The third-order valence-electron chi connectivity index (χ3n) is 6.27. The van der Waals surface area contributed by atoms with Crippen LogP contribution in [0.15, 0.2) is 36.4 Å². The quantitative estimate of drug-likeness (QED) is 0.515. The van der Waals surface area contributed by atoms with Crippen molar-refractivity contribution in [3.8, 4) is 0 Å². The minimum Gasteiger partial charge on any atom is -0.367 e. The molecule has 9 heteroatoms. The summed E-state index contributed by atoms with van der Waals surface area (Å²) in [4.78, 5) is 31.3. The number of nitrogens with one attached hydrogen (secondary N) is 1. The maximum atomic E-state index is 15.1. The number of benzene rings is 2. The zero-order chi connectivity index (χ0) is 23.8. The van der Waals surface area contributed by atoms with Gasteiger partial charge in [-0.25, -0.2) is 9.24 Å². The second kappa shape index (κ2) is 8.89. The summed E-state index contributed by atoms with van der Waals surface area (Å²) in [6.07, 6.45) is 2.13. The van der Waals surface area contributed by atoms with Crippen LogP contribution in [0.25, 0.3) is 4.85 Å². The van der Waals surface area contributed by atoms with E-state index in [9.17, 15) is 9.59 Å². The topological polar surface area (TPSA) is 66.2 Å². The van der Waals surface area contributed by atoms with Gasteiger partial charge in [0, 0.05) is 12.7 Å². The fraction of sp³-hybridized carbons (Fsp3) is 0.333. The van der Waals surface area contributed by atoms with Gasteiger partial charge in [0.1, 0.15) is 18.0 Å². The third-order valence-corrected chi connectivity index (χ3v) is 6.63. The smallest absolute Gasteiger partial charge is 0.259 e. The van der Waals surface area contributed by atoms with Crippen molar-refractivity contribution in [2.24, 2.45) is 0 Å². The van der Waals surface area contributed by atoms with Crippen LogP contribution >= 0.6 is 12.2 Å². The molecule has 0 radical (unpaired) electrons. The number of nitrogens with zero attached hydrogens (tertiary/aromatic N) is 3. The van der Waals surface area contributed by atoms with Crippen LogP contribution in [-0.4, -0.2) is 36.1 Å². The number of amides is 2. The van der Waals surface area contributed by atoms with Crippen molar-refractivity contribution in [3.63, 3.8) is 0 Å². The highest BCUT2D eigenvalue weighted by Crippen LogP contribution is 2.48. The largest absolute Gasteiger partial charge is 0.367 e. The van der Waals surface area contributed by atoms with E-state index < -0.39 is 11.4 Å². The van der Waals surface area contributed by atoms with Gasteiger partial charge in [0.2, 0.25) is 5.91 Å². The second-order valence-corrected chi connectivity index (χ2v) is 8.50. The number of rotatable bonds is 6. The molecular weight excluding hydrogens is 443 g/mol. The van der Waals surface area contributed by atoms with Gasteiger partial charge in [0.25, 0.3) is 5.91 Å². The number of anilines is 2. The predicted molar refractivity (Wildman–Crippen MR) is 127 cm³/mol. The fourth-order valence-electron chi connectivity index (χ4n) is 4.22. The van der Waals surface area contributed by atoms with Gasteiger partial charge in [-0.3, -0.25) is 14.5 Å². The molecule has 1 saturated carbocycles. The molecule has 0 unspecified atom stereocenters. The molecule has 1 spiro atoms. The molecule has 33 heavy (non-hydrogen) atoms. The summed E-state index contributed by atoms with van der Waals surface area (Å²) in [5, 5.41) is 2.72. The Labute approximate surface area is 196 Å². The van der Waals surface area contributed by atoms with Gasteiger partial charge in [-0.1, -0.05) is 18.2 Å². The lowest BCUT2D eigenvalue weighted by atomic mass is 9.75. The monoisotopic (exact) mass is 466 g/mol. The number of hydrogen-bond donors (Lipinski definition) is 1. The van der Waals surface area contributed by atoms with Crippen molar-refractivity contribution in [1.82, 2.24) is 5.32 Å². The number of halogens is 1. The zero-order valence-electron chi connectivity index (χ0n) is 18.4. The molecule has 2 aromatic rings. The molecule has 0 atom stereocenters. The average Bonchev–Trinajstić information content (AvgIpc) is 3.03. The van der Waals surface area contributed by atoms with E-state index in [0.29, 0.717) is 12.8 Å². The van der Waals surface area contributed by atoms with Crippen LogP contribution in [0.5, 0.6) is 0 Å². The summed E-state index contributed by atoms with van der Waals surface area (Å²) in [6, 6.07) is 10.4. The lowest BCUT2D eigenvalue weighted by Crippen LogP contribution is -2.55. The molecular formula is C24H23FN4O3S. The molecule has 1 aliphatic carbocycles. The van der Waals surface area contributed by atoms with Crippen molar-refractivity contribution in [1.29, 1.82) is 0 Å². The lowest BCUT2D eigenvalue weighted by Gasteiger charge is -2.43. The first-order valence-corrected chi connectivity index (χ1v) is 11.0. The van der Waals surface area contributed by atoms with E-state index in [1.54, 1.807) is 7.05 Å². The minimum absolute atomic E-state index is 0.0295. The molecule has 2 fully saturated rings.